The Kier molecular flexibility index (Phi) is 14.5. The second-order valence-electron chi connectivity index (χ2n) is 17.3. The molecule has 6 fully saturated rings. The molecule has 0 saturated heterocycles. The number of carbonyl (C=O) groups excluding carboxylic acids is 1. The van der Waals surface area contributed by atoms with Crippen molar-refractivity contribution in [1.82, 2.24) is 10.8 Å². The molecular formula is C40H68N2O7. The lowest BCUT2D eigenvalue weighted by Crippen LogP contribution is -2.47. The average molecular weight is 689 g/mol. The van der Waals surface area contributed by atoms with Crippen molar-refractivity contribution in [2.45, 2.75) is 178 Å². The van der Waals surface area contributed by atoms with Gasteiger partial charge in [0.2, 0.25) is 5.91 Å². The van der Waals surface area contributed by atoms with E-state index in [2.05, 4.69) is 15.7 Å². The highest BCUT2D eigenvalue weighted by atomic mass is 17.1. The molecule has 0 heterocycles. The molecule has 6 saturated carbocycles. The number of aliphatic carboxylic acids is 1. The predicted octanol–water partition coefficient (Wildman–Crippen LogP) is 8.06. The first-order valence-corrected chi connectivity index (χ1v) is 20.8. The van der Waals surface area contributed by atoms with Crippen molar-refractivity contribution in [2.75, 3.05) is 13.2 Å². The molecule has 4 N–H and O–H groups in total. The van der Waals surface area contributed by atoms with Gasteiger partial charge in [-0.2, -0.15) is 5.48 Å². The standard InChI is InChI=1S/C40H68N2O7/c43-39(37-22-13-30(24-38(37)40(44)45)28-9-5-2-6-10-28)41-33-14-18-35(19-15-33)49-36-20-16-34(17-21-36)42-47-25-31-12-11-29(23-32(31)26-48-46)27-7-3-1-4-8-27/h27-38,42,46H,1-26H2,(H,41,43)(H,44,45). The Morgan fingerprint density at radius 3 is 1.71 bits per heavy atom. The molecule has 0 aliphatic heterocycles. The van der Waals surface area contributed by atoms with Crippen LogP contribution in [-0.2, 0) is 24.1 Å². The second-order valence-corrected chi connectivity index (χ2v) is 17.3. The third-order valence-electron chi connectivity index (χ3n) is 14.3. The zero-order chi connectivity index (χ0) is 34.0. The van der Waals surface area contributed by atoms with E-state index >= 15 is 0 Å². The number of ether oxygens (including phenoxy) is 1. The molecule has 6 aliphatic rings. The molecule has 0 spiro atoms. The van der Waals surface area contributed by atoms with Crippen LogP contribution in [0, 0.1) is 47.3 Å². The maximum absolute atomic E-state index is 13.3. The number of rotatable bonds is 13. The maximum atomic E-state index is 13.3. The largest absolute Gasteiger partial charge is 0.481 e. The van der Waals surface area contributed by atoms with Gasteiger partial charge in [0, 0.05) is 12.1 Å². The molecule has 6 aliphatic carbocycles. The maximum Gasteiger partial charge on any atom is 0.307 e. The second kappa shape index (κ2) is 19.0. The number of amides is 1. The Bertz CT molecular complexity index is 1000. The Labute approximate surface area is 295 Å². The lowest BCUT2D eigenvalue weighted by molar-refractivity contribution is -0.258. The number of carbonyl (C=O) groups is 2. The van der Waals surface area contributed by atoms with Gasteiger partial charge >= 0.3 is 5.97 Å². The summed E-state index contributed by atoms with van der Waals surface area (Å²) in [5.41, 5.74) is 3.37. The quantitative estimate of drug-likeness (QED) is 0.113. The van der Waals surface area contributed by atoms with Crippen molar-refractivity contribution in [1.29, 1.82) is 0 Å². The molecule has 6 unspecified atom stereocenters. The Morgan fingerprint density at radius 1 is 0.551 bits per heavy atom. The van der Waals surface area contributed by atoms with Crippen LogP contribution in [0.2, 0.25) is 0 Å². The molecule has 280 valence electrons. The number of hydrogen-bond acceptors (Lipinski definition) is 7. The van der Waals surface area contributed by atoms with Gasteiger partial charge in [-0.1, -0.05) is 64.2 Å². The number of hydroxylamine groups is 1. The van der Waals surface area contributed by atoms with Crippen LogP contribution >= 0.6 is 0 Å². The topological polar surface area (TPSA) is 126 Å². The molecule has 0 bridgehead atoms. The van der Waals surface area contributed by atoms with E-state index in [1.165, 1.54) is 70.6 Å². The smallest absolute Gasteiger partial charge is 0.307 e. The van der Waals surface area contributed by atoms with Gasteiger partial charge in [0.05, 0.1) is 37.3 Å². The third kappa shape index (κ3) is 10.6. The third-order valence-corrected chi connectivity index (χ3v) is 14.3. The fourth-order valence-corrected chi connectivity index (χ4v) is 11.3. The van der Waals surface area contributed by atoms with E-state index in [0.29, 0.717) is 55.8 Å². The summed E-state index contributed by atoms with van der Waals surface area (Å²) in [5, 5.41) is 22.6. The fraction of sp³-hybridized carbons (Fsp3) is 0.950. The van der Waals surface area contributed by atoms with Crippen molar-refractivity contribution in [3.05, 3.63) is 0 Å². The van der Waals surface area contributed by atoms with Gasteiger partial charge in [0.25, 0.3) is 0 Å². The summed E-state index contributed by atoms with van der Waals surface area (Å²) in [6, 6.07) is 0.477. The van der Waals surface area contributed by atoms with E-state index < -0.39 is 17.8 Å². The van der Waals surface area contributed by atoms with Crippen LogP contribution in [0.15, 0.2) is 0 Å². The van der Waals surface area contributed by atoms with E-state index in [1.807, 2.05) is 0 Å². The highest BCUT2D eigenvalue weighted by Crippen LogP contribution is 2.44. The minimum absolute atomic E-state index is 0.0312. The van der Waals surface area contributed by atoms with Gasteiger partial charge in [0.1, 0.15) is 0 Å². The summed E-state index contributed by atoms with van der Waals surface area (Å²) in [7, 11) is 0. The molecular weight excluding hydrogens is 620 g/mol. The molecule has 0 radical (unpaired) electrons. The minimum Gasteiger partial charge on any atom is -0.481 e. The minimum atomic E-state index is -0.789. The molecule has 9 nitrogen and oxygen atoms in total. The van der Waals surface area contributed by atoms with E-state index in [1.54, 1.807) is 0 Å². The Morgan fingerprint density at radius 2 is 1.12 bits per heavy atom. The van der Waals surface area contributed by atoms with E-state index in [9.17, 15) is 20.0 Å². The summed E-state index contributed by atoms with van der Waals surface area (Å²) < 4.78 is 6.57. The first-order valence-electron chi connectivity index (χ1n) is 20.8. The normalized spacial score (nSPS) is 38.6. The number of carboxylic acid groups (broad SMARTS) is 1. The Balaban J connectivity index is 0.844. The molecule has 0 aromatic heterocycles. The molecule has 6 rings (SSSR count). The summed E-state index contributed by atoms with van der Waals surface area (Å²) in [6.07, 6.45) is 27.6. The lowest BCUT2D eigenvalue weighted by Gasteiger charge is -2.40. The van der Waals surface area contributed by atoms with Crippen LogP contribution in [0.4, 0.5) is 0 Å². The van der Waals surface area contributed by atoms with Crippen molar-refractivity contribution in [3.8, 4) is 0 Å². The van der Waals surface area contributed by atoms with Gasteiger partial charge in [-0.25, -0.2) is 4.89 Å². The molecule has 49 heavy (non-hydrogen) atoms. The van der Waals surface area contributed by atoms with Crippen LogP contribution < -0.4 is 10.8 Å². The van der Waals surface area contributed by atoms with E-state index in [4.69, 9.17) is 9.57 Å². The van der Waals surface area contributed by atoms with Crippen LogP contribution in [0.5, 0.6) is 0 Å². The summed E-state index contributed by atoms with van der Waals surface area (Å²) in [5.74, 6) is 1.81. The van der Waals surface area contributed by atoms with Crippen LogP contribution in [0.25, 0.3) is 0 Å². The van der Waals surface area contributed by atoms with Gasteiger partial charge in [-0.3, -0.25) is 14.8 Å². The number of hydrogen-bond donors (Lipinski definition) is 4. The Hall–Kier alpha value is -1.26. The van der Waals surface area contributed by atoms with E-state index in [-0.39, 0.29) is 24.2 Å². The first-order chi connectivity index (χ1) is 24.0. The number of nitrogens with one attached hydrogen (secondary N) is 2. The van der Waals surface area contributed by atoms with Crippen molar-refractivity contribution < 1.29 is 34.4 Å². The van der Waals surface area contributed by atoms with Crippen molar-refractivity contribution in [2.24, 2.45) is 47.3 Å². The zero-order valence-corrected chi connectivity index (χ0v) is 30.2. The number of carboxylic acids is 1. The summed E-state index contributed by atoms with van der Waals surface area (Å²) in [4.78, 5) is 36.3. The zero-order valence-electron chi connectivity index (χ0n) is 30.2. The SMILES string of the molecule is O=C(O)C1CC(C2CCCCC2)CCC1C(=O)NC1CCC(OC2CCC(NOCC3CCC(C4CCCCC4)CC3COO)CC2)CC1. The van der Waals surface area contributed by atoms with Crippen LogP contribution in [0.3, 0.4) is 0 Å². The molecule has 0 aromatic rings. The van der Waals surface area contributed by atoms with Crippen molar-refractivity contribution in [3.63, 3.8) is 0 Å². The van der Waals surface area contributed by atoms with Crippen LogP contribution in [0.1, 0.15) is 154 Å². The lowest BCUT2D eigenvalue weighted by atomic mass is 9.66. The predicted molar refractivity (Wildman–Crippen MR) is 188 cm³/mol. The molecule has 9 heteroatoms. The average Bonchev–Trinajstić information content (AvgIpc) is 3.14. The highest BCUT2D eigenvalue weighted by molar-refractivity contribution is 5.85. The fourth-order valence-electron chi connectivity index (χ4n) is 11.3. The molecule has 1 amide bonds. The molecule has 0 aromatic carbocycles. The summed E-state index contributed by atoms with van der Waals surface area (Å²) in [6.45, 7) is 1.10. The van der Waals surface area contributed by atoms with Gasteiger partial charge in [-0.05, 0) is 125 Å². The monoisotopic (exact) mass is 689 g/mol. The first kappa shape index (κ1) is 37.5. The molecule has 6 atom stereocenters. The van der Waals surface area contributed by atoms with Crippen molar-refractivity contribution >= 4 is 11.9 Å². The van der Waals surface area contributed by atoms with Gasteiger partial charge < -0.3 is 20.0 Å². The van der Waals surface area contributed by atoms with E-state index in [0.717, 1.165) is 82.5 Å². The van der Waals surface area contributed by atoms with Gasteiger partial charge in [-0.15, -0.1) is 0 Å². The highest BCUT2D eigenvalue weighted by Gasteiger charge is 2.42. The van der Waals surface area contributed by atoms with Gasteiger partial charge in [0.15, 0.2) is 0 Å². The van der Waals surface area contributed by atoms with Crippen LogP contribution in [-0.4, -0.2) is 59.7 Å². The summed E-state index contributed by atoms with van der Waals surface area (Å²) >= 11 is 0.